The lowest BCUT2D eigenvalue weighted by molar-refractivity contribution is -0.119. The second-order valence-electron chi connectivity index (χ2n) is 7.83. The van der Waals surface area contributed by atoms with Crippen molar-refractivity contribution in [3.05, 3.63) is 77.9 Å². The summed E-state index contributed by atoms with van der Waals surface area (Å²) in [6.07, 6.45) is 0. The molecule has 0 aliphatic carbocycles. The van der Waals surface area contributed by atoms with E-state index in [-0.39, 0.29) is 23.7 Å². The number of nitrogens with zero attached hydrogens (tertiary/aromatic N) is 1. The first kappa shape index (κ1) is 25.9. The van der Waals surface area contributed by atoms with E-state index < -0.39 is 22.5 Å². The Kier molecular flexibility index (Phi) is 8.59. The van der Waals surface area contributed by atoms with Crippen molar-refractivity contribution in [1.82, 2.24) is 5.32 Å². The summed E-state index contributed by atoms with van der Waals surface area (Å²) in [4.78, 5) is 12.8. The Morgan fingerprint density at radius 2 is 1.63 bits per heavy atom. The molecule has 0 saturated carbocycles. The normalized spacial score (nSPS) is 11.0. The van der Waals surface area contributed by atoms with Gasteiger partial charge in [0.05, 0.1) is 31.3 Å². The van der Waals surface area contributed by atoms with Crippen LogP contribution in [0.5, 0.6) is 17.2 Å². The molecule has 3 aromatic carbocycles. The Morgan fingerprint density at radius 1 is 0.914 bits per heavy atom. The summed E-state index contributed by atoms with van der Waals surface area (Å²) >= 11 is 0. The number of aryl methyl sites for hydroxylation is 2. The number of benzene rings is 3. The molecule has 0 saturated heterocycles. The standard InChI is InChI=1S/C26H30N2O6S/c1-19-9-10-20(2)25(17-19)34-16-15-27-26(29)18-28(23-7-5-6-8-24(23)33-4)35(30,31)22-13-11-21(32-3)12-14-22/h5-14,17H,15-16,18H2,1-4H3,(H,27,29). The van der Waals surface area contributed by atoms with Crippen LogP contribution in [0.25, 0.3) is 0 Å². The summed E-state index contributed by atoms with van der Waals surface area (Å²) in [5, 5.41) is 2.74. The molecule has 186 valence electrons. The second-order valence-corrected chi connectivity index (χ2v) is 9.69. The number of hydrogen-bond donors (Lipinski definition) is 1. The van der Waals surface area contributed by atoms with E-state index in [1.54, 1.807) is 36.4 Å². The van der Waals surface area contributed by atoms with Gasteiger partial charge >= 0.3 is 0 Å². The average molecular weight is 499 g/mol. The minimum Gasteiger partial charge on any atom is -0.497 e. The van der Waals surface area contributed by atoms with E-state index in [1.807, 2.05) is 32.0 Å². The Bertz CT molecular complexity index is 1260. The van der Waals surface area contributed by atoms with Crippen molar-refractivity contribution in [2.45, 2.75) is 18.7 Å². The highest BCUT2D eigenvalue weighted by molar-refractivity contribution is 7.92. The molecule has 9 heteroatoms. The van der Waals surface area contributed by atoms with Crippen molar-refractivity contribution in [1.29, 1.82) is 0 Å². The van der Waals surface area contributed by atoms with Gasteiger partial charge in [-0.3, -0.25) is 9.10 Å². The van der Waals surface area contributed by atoms with Gasteiger partial charge in [0.1, 0.15) is 30.4 Å². The molecular formula is C26H30N2O6S. The zero-order chi connectivity index (χ0) is 25.4. The zero-order valence-electron chi connectivity index (χ0n) is 20.3. The van der Waals surface area contributed by atoms with Crippen molar-refractivity contribution >= 4 is 21.6 Å². The number of hydrogen-bond acceptors (Lipinski definition) is 6. The van der Waals surface area contributed by atoms with Gasteiger partial charge in [-0.2, -0.15) is 0 Å². The highest BCUT2D eigenvalue weighted by Gasteiger charge is 2.29. The van der Waals surface area contributed by atoms with Crippen molar-refractivity contribution in [2.75, 3.05) is 38.2 Å². The minimum absolute atomic E-state index is 0.0234. The van der Waals surface area contributed by atoms with E-state index in [4.69, 9.17) is 14.2 Å². The Morgan fingerprint density at radius 3 is 2.31 bits per heavy atom. The highest BCUT2D eigenvalue weighted by Crippen LogP contribution is 2.32. The van der Waals surface area contributed by atoms with Crippen LogP contribution in [-0.2, 0) is 14.8 Å². The van der Waals surface area contributed by atoms with Crippen LogP contribution in [-0.4, -0.2) is 48.2 Å². The van der Waals surface area contributed by atoms with Crippen LogP contribution >= 0.6 is 0 Å². The lowest BCUT2D eigenvalue weighted by Crippen LogP contribution is -2.42. The van der Waals surface area contributed by atoms with Gasteiger partial charge in [0, 0.05) is 0 Å². The first-order chi connectivity index (χ1) is 16.8. The third kappa shape index (κ3) is 6.45. The molecule has 3 rings (SSSR count). The first-order valence-corrected chi connectivity index (χ1v) is 12.5. The van der Waals surface area contributed by atoms with Gasteiger partial charge in [-0.25, -0.2) is 8.42 Å². The van der Waals surface area contributed by atoms with Crippen molar-refractivity contribution in [3.63, 3.8) is 0 Å². The lowest BCUT2D eigenvalue weighted by atomic mass is 10.1. The fraction of sp³-hybridized carbons (Fsp3) is 0.269. The van der Waals surface area contributed by atoms with E-state index >= 15 is 0 Å². The van der Waals surface area contributed by atoms with E-state index in [1.165, 1.54) is 26.4 Å². The van der Waals surface area contributed by atoms with Crippen LogP contribution in [0, 0.1) is 13.8 Å². The predicted octanol–water partition coefficient (Wildman–Crippen LogP) is 3.71. The number of carbonyl (C=O) groups excluding carboxylic acids is 1. The van der Waals surface area contributed by atoms with Crippen LogP contribution in [0.4, 0.5) is 5.69 Å². The van der Waals surface area contributed by atoms with Crippen molar-refractivity contribution < 1.29 is 27.4 Å². The predicted molar refractivity (Wildman–Crippen MR) is 135 cm³/mol. The molecule has 0 atom stereocenters. The summed E-state index contributed by atoms with van der Waals surface area (Å²) in [6.45, 7) is 3.95. The lowest BCUT2D eigenvalue weighted by Gasteiger charge is -2.25. The van der Waals surface area contributed by atoms with Gasteiger partial charge in [-0.1, -0.05) is 24.3 Å². The molecule has 3 aromatic rings. The molecule has 1 N–H and O–H groups in total. The molecule has 0 aromatic heterocycles. The fourth-order valence-electron chi connectivity index (χ4n) is 3.41. The fourth-order valence-corrected chi connectivity index (χ4v) is 4.84. The maximum Gasteiger partial charge on any atom is 0.264 e. The number of carbonyl (C=O) groups is 1. The van der Waals surface area contributed by atoms with E-state index in [0.717, 1.165) is 21.2 Å². The van der Waals surface area contributed by atoms with Gasteiger partial charge in [-0.15, -0.1) is 0 Å². The first-order valence-electron chi connectivity index (χ1n) is 11.0. The van der Waals surface area contributed by atoms with Gasteiger partial charge in [0.25, 0.3) is 10.0 Å². The molecule has 35 heavy (non-hydrogen) atoms. The average Bonchev–Trinajstić information content (AvgIpc) is 2.87. The number of amides is 1. The number of anilines is 1. The Balaban J connectivity index is 1.76. The van der Waals surface area contributed by atoms with E-state index in [9.17, 15) is 13.2 Å². The Hall–Kier alpha value is -3.72. The van der Waals surface area contributed by atoms with Gasteiger partial charge < -0.3 is 19.5 Å². The molecule has 0 spiro atoms. The number of sulfonamides is 1. The summed E-state index contributed by atoms with van der Waals surface area (Å²) in [5.41, 5.74) is 2.33. The number of methoxy groups -OCH3 is 2. The van der Waals surface area contributed by atoms with E-state index in [2.05, 4.69) is 5.32 Å². The van der Waals surface area contributed by atoms with Crippen LogP contribution in [0.1, 0.15) is 11.1 Å². The second kappa shape index (κ2) is 11.6. The maximum absolute atomic E-state index is 13.5. The summed E-state index contributed by atoms with van der Waals surface area (Å²) in [5.74, 6) is 1.12. The smallest absolute Gasteiger partial charge is 0.264 e. The van der Waals surface area contributed by atoms with Gasteiger partial charge in [-0.05, 0) is 67.4 Å². The number of para-hydroxylation sites is 2. The van der Waals surface area contributed by atoms with Crippen molar-refractivity contribution in [3.8, 4) is 17.2 Å². The summed E-state index contributed by atoms with van der Waals surface area (Å²) in [7, 11) is -1.14. The molecule has 0 aliphatic heterocycles. The summed E-state index contributed by atoms with van der Waals surface area (Å²) < 4.78 is 44.4. The SMILES string of the molecule is COc1ccc(S(=O)(=O)N(CC(=O)NCCOc2cc(C)ccc2C)c2ccccc2OC)cc1. The largest absolute Gasteiger partial charge is 0.497 e. The van der Waals surface area contributed by atoms with Crippen LogP contribution in [0.2, 0.25) is 0 Å². The molecule has 0 aliphatic rings. The monoisotopic (exact) mass is 498 g/mol. The molecule has 0 fully saturated rings. The van der Waals surface area contributed by atoms with Gasteiger partial charge in [0.15, 0.2) is 0 Å². The number of ether oxygens (including phenoxy) is 3. The van der Waals surface area contributed by atoms with Crippen LogP contribution in [0.3, 0.4) is 0 Å². The van der Waals surface area contributed by atoms with E-state index in [0.29, 0.717) is 11.5 Å². The highest BCUT2D eigenvalue weighted by atomic mass is 32.2. The molecule has 0 heterocycles. The third-order valence-electron chi connectivity index (χ3n) is 5.31. The molecule has 0 unspecified atom stereocenters. The molecule has 8 nitrogen and oxygen atoms in total. The van der Waals surface area contributed by atoms with Crippen LogP contribution < -0.4 is 23.8 Å². The summed E-state index contributed by atoms with van der Waals surface area (Å²) in [6, 6.07) is 18.5. The van der Waals surface area contributed by atoms with Crippen LogP contribution in [0.15, 0.2) is 71.6 Å². The quantitative estimate of drug-likeness (QED) is 0.405. The topological polar surface area (TPSA) is 94.2 Å². The van der Waals surface area contributed by atoms with Crippen molar-refractivity contribution in [2.24, 2.45) is 0 Å². The maximum atomic E-state index is 13.5. The zero-order valence-corrected chi connectivity index (χ0v) is 21.1. The molecule has 0 radical (unpaired) electrons. The minimum atomic E-state index is -4.09. The molecule has 1 amide bonds. The van der Waals surface area contributed by atoms with Gasteiger partial charge in [0.2, 0.25) is 5.91 Å². The number of rotatable bonds is 11. The molecule has 0 bridgehead atoms. The number of nitrogens with one attached hydrogen (secondary N) is 1. The Labute approximate surface area is 206 Å². The molecular weight excluding hydrogens is 468 g/mol. The third-order valence-corrected chi connectivity index (χ3v) is 7.09.